The van der Waals surface area contributed by atoms with Crippen LogP contribution in [0.1, 0.15) is 0 Å². The van der Waals surface area contributed by atoms with E-state index < -0.39 is 10.7 Å². The van der Waals surface area contributed by atoms with Gasteiger partial charge in [0, 0.05) is 0 Å². The van der Waals surface area contributed by atoms with Crippen LogP contribution in [0.3, 0.4) is 0 Å². The Kier molecular flexibility index (Phi) is 2.55. The number of alkyl halides is 5. The normalized spacial score (nSPS) is 19.3. The summed E-state index contributed by atoms with van der Waals surface area (Å²) in [5.41, 5.74) is 0. The van der Waals surface area contributed by atoms with Gasteiger partial charge in [0.2, 0.25) is 0 Å². The highest BCUT2D eigenvalue weighted by molar-refractivity contribution is 6.31. The van der Waals surface area contributed by atoms with Gasteiger partial charge in [-0.2, -0.15) is 13.2 Å². The maximum Gasteiger partial charge on any atom is 0.397 e. The van der Waals surface area contributed by atoms with Crippen LogP contribution in [0.2, 0.25) is 0 Å². The Morgan fingerprint density at radius 2 is 1.44 bits per heavy atom. The van der Waals surface area contributed by atoms with Crippen molar-refractivity contribution in [2.24, 2.45) is 0 Å². The van der Waals surface area contributed by atoms with Crippen LogP contribution < -0.4 is 0 Å². The first-order chi connectivity index (χ1) is 3.81. The third-order valence-corrected chi connectivity index (χ3v) is 1.06. The molecule has 0 amide bonds. The van der Waals surface area contributed by atoms with Crippen molar-refractivity contribution in [2.75, 3.05) is 0 Å². The Labute approximate surface area is 57.4 Å². The van der Waals surface area contributed by atoms with Gasteiger partial charge in [0.1, 0.15) is 0 Å². The van der Waals surface area contributed by atoms with Crippen molar-refractivity contribution in [2.45, 2.75) is 10.7 Å². The molecular weight excluding hydrogens is 187 g/mol. The monoisotopic (exact) mass is 186 g/mol. The minimum absolute atomic E-state index is 2.02. The van der Waals surface area contributed by atoms with E-state index in [9.17, 15) is 17.7 Å². The molecule has 0 N–H and O–H groups in total. The van der Waals surface area contributed by atoms with Crippen molar-refractivity contribution in [3.63, 3.8) is 0 Å². The molecule has 0 rings (SSSR count). The van der Waals surface area contributed by atoms with E-state index in [1.165, 1.54) is 0 Å². The fourth-order valence-electron chi connectivity index (χ4n) is 0.0437. The minimum atomic E-state index is -4.58. The predicted octanol–water partition coefficient (Wildman–Crippen LogP) is 2.58. The molecule has 0 aromatic heterocycles. The average molecular weight is 187 g/mol. The third kappa shape index (κ3) is 2.15. The maximum absolute atomic E-state index is 11.6. The SMILES string of the molecule is FOC(F)(Cl)C(F)(F)Cl. The van der Waals surface area contributed by atoms with E-state index in [0.717, 1.165) is 0 Å². The Balaban J connectivity index is 4.14. The van der Waals surface area contributed by atoms with Crippen molar-refractivity contribution in [1.29, 1.82) is 0 Å². The molecule has 0 aromatic carbocycles. The standard InChI is InChI=1S/C2Cl2F4O/c3-1(5,6)2(4,7)9-8. The first kappa shape index (κ1) is 9.26. The van der Waals surface area contributed by atoms with Crippen molar-refractivity contribution >= 4 is 23.2 Å². The van der Waals surface area contributed by atoms with Gasteiger partial charge in [-0.3, -0.25) is 0 Å². The number of rotatable bonds is 2. The summed E-state index contributed by atoms with van der Waals surface area (Å²) in [5, 5.41) is -8.86. The molecule has 1 nitrogen and oxygen atoms in total. The summed E-state index contributed by atoms with van der Waals surface area (Å²) in [6.07, 6.45) is 0. The molecule has 0 aliphatic carbocycles. The predicted molar refractivity (Wildman–Crippen MR) is 22.7 cm³/mol. The molecule has 0 bridgehead atoms. The first-order valence-corrected chi connectivity index (χ1v) is 2.31. The Hall–Kier alpha value is 0.260. The van der Waals surface area contributed by atoms with E-state index >= 15 is 0 Å². The van der Waals surface area contributed by atoms with Gasteiger partial charge in [-0.1, -0.05) is 0 Å². The lowest BCUT2D eigenvalue weighted by Gasteiger charge is -2.16. The van der Waals surface area contributed by atoms with Crippen LogP contribution in [0.5, 0.6) is 0 Å². The van der Waals surface area contributed by atoms with Gasteiger partial charge in [0.25, 0.3) is 0 Å². The second-order valence-electron chi connectivity index (χ2n) is 1.09. The lowest BCUT2D eigenvalue weighted by atomic mass is 10.7. The van der Waals surface area contributed by atoms with Gasteiger partial charge < -0.3 is 0 Å². The van der Waals surface area contributed by atoms with E-state index in [1.807, 2.05) is 4.94 Å². The van der Waals surface area contributed by atoms with E-state index in [-0.39, 0.29) is 0 Å². The van der Waals surface area contributed by atoms with Crippen LogP contribution in [0.25, 0.3) is 0 Å². The van der Waals surface area contributed by atoms with Crippen molar-refractivity contribution < 1.29 is 22.6 Å². The molecule has 1 unspecified atom stereocenters. The van der Waals surface area contributed by atoms with Crippen molar-refractivity contribution in [1.82, 2.24) is 0 Å². The van der Waals surface area contributed by atoms with Gasteiger partial charge in [0.15, 0.2) is 0 Å². The van der Waals surface area contributed by atoms with Crippen LogP contribution >= 0.6 is 23.2 Å². The number of hydrogen-bond acceptors (Lipinski definition) is 1. The zero-order valence-corrected chi connectivity index (χ0v) is 5.19. The Bertz CT molecular complexity index is 99.2. The van der Waals surface area contributed by atoms with E-state index in [2.05, 4.69) is 23.2 Å². The molecular formula is C2Cl2F4O. The molecule has 0 heterocycles. The molecule has 0 saturated carbocycles. The topological polar surface area (TPSA) is 9.23 Å². The molecule has 0 aliphatic heterocycles. The molecule has 1 atom stereocenters. The van der Waals surface area contributed by atoms with Crippen LogP contribution in [-0.2, 0) is 4.94 Å². The quantitative estimate of drug-likeness (QED) is 0.476. The molecule has 0 aromatic rings. The Morgan fingerprint density at radius 1 is 1.11 bits per heavy atom. The number of halogens is 6. The van der Waals surface area contributed by atoms with Crippen LogP contribution in [0, 0.1) is 0 Å². The molecule has 0 saturated heterocycles. The molecule has 9 heavy (non-hydrogen) atoms. The Morgan fingerprint density at radius 3 is 1.44 bits per heavy atom. The molecule has 0 aliphatic rings. The second-order valence-corrected chi connectivity index (χ2v) is 2.05. The van der Waals surface area contributed by atoms with Crippen molar-refractivity contribution in [3.05, 3.63) is 0 Å². The summed E-state index contributed by atoms with van der Waals surface area (Å²) in [6.45, 7) is 0. The van der Waals surface area contributed by atoms with Crippen LogP contribution in [-0.4, -0.2) is 10.7 Å². The van der Waals surface area contributed by atoms with E-state index in [4.69, 9.17) is 0 Å². The van der Waals surface area contributed by atoms with Gasteiger partial charge >= 0.3 is 10.7 Å². The van der Waals surface area contributed by atoms with Crippen LogP contribution in [0.15, 0.2) is 0 Å². The zero-order chi connectivity index (χ0) is 7.71. The summed E-state index contributed by atoms with van der Waals surface area (Å²) in [4.78, 5) is 2.02. The molecule has 0 radical (unpaired) electrons. The zero-order valence-electron chi connectivity index (χ0n) is 3.68. The summed E-state index contributed by atoms with van der Waals surface area (Å²) in [6, 6.07) is 0. The molecule has 7 heteroatoms. The highest BCUT2D eigenvalue weighted by Crippen LogP contribution is 2.40. The number of hydrogen-bond donors (Lipinski definition) is 0. The minimum Gasteiger partial charge on any atom is -0.182 e. The highest BCUT2D eigenvalue weighted by atomic mass is 35.5. The van der Waals surface area contributed by atoms with Gasteiger partial charge in [-0.15, -0.1) is 4.94 Å². The van der Waals surface area contributed by atoms with Gasteiger partial charge in [-0.05, 0) is 27.7 Å². The second kappa shape index (κ2) is 2.48. The van der Waals surface area contributed by atoms with Gasteiger partial charge in [-0.25, -0.2) is 0 Å². The van der Waals surface area contributed by atoms with E-state index in [1.54, 1.807) is 0 Å². The van der Waals surface area contributed by atoms with Crippen LogP contribution in [0.4, 0.5) is 17.7 Å². The lowest BCUT2D eigenvalue weighted by molar-refractivity contribution is -0.302. The summed E-state index contributed by atoms with van der Waals surface area (Å²) >= 11 is 7.97. The maximum atomic E-state index is 11.6. The fourth-order valence-corrected chi connectivity index (χ4v) is 0.0729. The lowest BCUT2D eigenvalue weighted by Crippen LogP contribution is -2.34. The highest BCUT2D eigenvalue weighted by Gasteiger charge is 2.55. The average Bonchev–Trinajstić information content (AvgIpc) is 1.64. The molecule has 56 valence electrons. The summed E-state index contributed by atoms with van der Waals surface area (Å²) < 4.78 is 45.1. The third-order valence-electron chi connectivity index (χ3n) is 0.427. The van der Waals surface area contributed by atoms with E-state index in [0.29, 0.717) is 0 Å². The molecule has 0 spiro atoms. The summed E-state index contributed by atoms with van der Waals surface area (Å²) in [7, 11) is 0. The smallest absolute Gasteiger partial charge is 0.182 e. The van der Waals surface area contributed by atoms with Gasteiger partial charge in [0.05, 0.1) is 0 Å². The largest absolute Gasteiger partial charge is 0.397 e. The van der Waals surface area contributed by atoms with Crippen molar-refractivity contribution in [3.8, 4) is 0 Å². The summed E-state index contributed by atoms with van der Waals surface area (Å²) in [5.74, 6) is 0. The molecule has 0 fully saturated rings. The first-order valence-electron chi connectivity index (χ1n) is 1.55. The fraction of sp³-hybridized carbons (Fsp3) is 1.00.